The Balaban J connectivity index is 1.89. The fourth-order valence-corrected chi connectivity index (χ4v) is 2.98. The van der Waals surface area contributed by atoms with Crippen LogP contribution < -0.4 is 5.73 Å². The average molecular weight is 224 g/mol. The second-order valence-corrected chi connectivity index (χ2v) is 5.41. The fraction of sp³-hybridized carbons (Fsp3) is 0.667. The van der Waals surface area contributed by atoms with Crippen molar-refractivity contribution in [2.24, 2.45) is 17.6 Å². The van der Waals surface area contributed by atoms with Gasteiger partial charge in [0.25, 0.3) is 0 Å². The number of hydrogen-bond acceptors (Lipinski definition) is 3. The van der Waals surface area contributed by atoms with Gasteiger partial charge in [-0.05, 0) is 53.7 Å². The van der Waals surface area contributed by atoms with Gasteiger partial charge in [0.2, 0.25) is 0 Å². The highest BCUT2D eigenvalue weighted by molar-refractivity contribution is 7.07. The normalized spacial score (nSPS) is 28.1. The minimum atomic E-state index is 0.692. The van der Waals surface area contributed by atoms with Crippen LogP contribution in [-0.4, -0.2) is 24.5 Å². The van der Waals surface area contributed by atoms with E-state index in [0.29, 0.717) is 5.92 Å². The minimum Gasteiger partial charge on any atom is -0.330 e. The lowest BCUT2D eigenvalue weighted by molar-refractivity contribution is 0.126. The monoisotopic (exact) mass is 224 g/mol. The van der Waals surface area contributed by atoms with Crippen molar-refractivity contribution in [2.75, 3.05) is 19.6 Å². The first-order valence-electron chi connectivity index (χ1n) is 5.73. The van der Waals surface area contributed by atoms with E-state index in [1.54, 1.807) is 11.3 Å². The summed E-state index contributed by atoms with van der Waals surface area (Å²) in [5.41, 5.74) is 7.25. The molecule has 0 aromatic carbocycles. The van der Waals surface area contributed by atoms with Crippen LogP contribution in [0.15, 0.2) is 16.8 Å². The van der Waals surface area contributed by atoms with Gasteiger partial charge in [0.05, 0.1) is 0 Å². The van der Waals surface area contributed by atoms with E-state index in [0.717, 1.165) is 19.0 Å². The summed E-state index contributed by atoms with van der Waals surface area (Å²) in [6.07, 6.45) is 1.30. The van der Waals surface area contributed by atoms with E-state index in [1.807, 2.05) is 0 Å². The predicted octanol–water partition coefficient (Wildman–Crippen LogP) is 2.16. The molecular formula is C12H20N2S. The summed E-state index contributed by atoms with van der Waals surface area (Å²) >= 11 is 1.78. The third kappa shape index (κ3) is 2.80. The summed E-state index contributed by atoms with van der Waals surface area (Å²) in [5.74, 6) is 1.49. The minimum absolute atomic E-state index is 0.692. The molecule has 2 heterocycles. The number of piperidine rings is 1. The van der Waals surface area contributed by atoms with E-state index >= 15 is 0 Å². The summed E-state index contributed by atoms with van der Waals surface area (Å²) in [6.45, 7) is 6.68. The van der Waals surface area contributed by atoms with Crippen LogP contribution >= 0.6 is 11.3 Å². The van der Waals surface area contributed by atoms with Gasteiger partial charge >= 0.3 is 0 Å². The Morgan fingerprint density at radius 1 is 1.60 bits per heavy atom. The number of nitrogens with zero attached hydrogens (tertiary/aromatic N) is 1. The predicted molar refractivity (Wildman–Crippen MR) is 65.9 cm³/mol. The van der Waals surface area contributed by atoms with E-state index in [2.05, 4.69) is 28.7 Å². The van der Waals surface area contributed by atoms with Crippen molar-refractivity contribution in [1.29, 1.82) is 0 Å². The van der Waals surface area contributed by atoms with Gasteiger partial charge < -0.3 is 5.73 Å². The van der Waals surface area contributed by atoms with E-state index in [9.17, 15) is 0 Å². The molecule has 3 heteroatoms. The van der Waals surface area contributed by atoms with Crippen LogP contribution in [0.25, 0.3) is 0 Å². The molecule has 0 radical (unpaired) electrons. The molecule has 1 aromatic rings. The quantitative estimate of drug-likeness (QED) is 0.852. The fourth-order valence-electron chi connectivity index (χ4n) is 2.32. The highest BCUT2D eigenvalue weighted by Crippen LogP contribution is 2.23. The molecule has 1 saturated heterocycles. The molecule has 2 unspecified atom stereocenters. The molecule has 0 saturated carbocycles. The summed E-state index contributed by atoms with van der Waals surface area (Å²) in [4.78, 5) is 2.54. The number of rotatable bonds is 3. The SMILES string of the molecule is CC1CCN(Cc2ccsc2)CC1CN. The Morgan fingerprint density at radius 2 is 2.47 bits per heavy atom. The maximum absolute atomic E-state index is 5.80. The van der Waals surface area contributed by atoms with Gasteiger partial charge in [0.15, 0.2) is 0 Å². The van der Waals surface area contributed by atoms with Crippen molar-refractivity contribution in [3.8, 4) is 0 Å². The van der Waals surface area contributed by atoms with Crippen molar-refractivity contribution >= 4 is 11.3 Å². The van der Waals surface area contributed by atoms with Gasteiger partial charge in [-0.25, -0.2) is 0 Å². The first-order chi connectivity index (χ1) is 7.29. The number of likely N-dealkylation sites (tertiary alicyclic amines) is 1. The van der Waals surface area contributed by atoms with Crippen LogP contribution in [0.3, 0.4) is 0 Å². The first kappa shape index (κ1) is 11.1. The zero-order valence-corrected chi connectivity index (χ0v) is 10.2. The summed E-state index contributed by atoms with van der Waals surface area (Å²) in [7, 11) is 0. The molecule has 0 spiro atoms. The molecule has 84 valence electrons. The third-order valence-electron chi connectivity index (χ3n) is 3.49. The molecule has 1 aliphatic rings. The van der Waals surface area contributed by atoms with Crippen LogP contribution in [0, 0.1) is 11.8 Å². The molecule has 2 nitrogen and oxygen atoms in total. The van der Waals surface area contributed by atoms with E-state index in [-0.39, 0.29) is 0 Å². The lowest BCUT2D eigenvalue weighted by Gasteiger charge is -2.36. The molecule has 1 aliphatic heterocycles. The van der Waals surface area contributed by atoms with E-state index < -0.39 is 0 Å². The van der Waals surface area contributed by atoms with Gasteiger partial charge in [-0.2, -0.15) is 11.3 Å². The van der Waals surface area contributed by atoms with Crippen molar-refractivity contribution in [2.45, 2.75) is 19.9 Å². The molecule has 0 amide bonds. The third-order valence-corrected chi connectivity index (χ3v) is 4.22. The van der Waals surface area contributed by atoms with Gasteiger partial charge in [-0.3, -0.25) is 4.90 Å². The van der Waals surface area contributed by atoms with Gasteiger partial charge in [-0.15, -0.1) is 0 Å². The Morgan fingerprint density at radius 3 is 3.13 bits per heavy atom. The number of hydrogen-bond donors (Lipinski definition) is 1. The topological polar surface area (TPSA) is 29.3 Å². The zero-order valence-electron chi connectivity index (χ0n) is 9.36. The van der Waals surface area contributed by atoms with Crippen LogP contribution in [0.1, 0.15) is 18.9 Å². The first-order valence-corrected chi connectivity index (χ1v) is 6.67. The van der Waals surface area contributed by atoms with Crippen LogP contribution in [0.5, 0.6) is 0 Å². The highest BCUT2D eigenvalue weighted by Gasteiger charge is 2.24. The molecule has 2 rings (SSSR count). The highest BCUT2D eigenvalue weighted by atomic mass is 32.1. The molecular weight excluding hydrogens is 204 g/mol. The van der Waals surface area contributed by atoms with E-state index in [4.69, 9.17) is 5.73 Å². The van der Waals surface area contributed by atoms with Crippen LogP contribution in [0.4, 0.5) is 0 Å². The van der Waals surface area contributed by atoms with Gasteiger partial charge in [-0.1, -0.05) is 6.92 Å². The lowest BCUT2D eigenvalue weighted by Crippen LogP contribution is -2.42. The number of thiophene rings is 1. The Bertz CT molecular complexity index is 284. The molecule has 2 atom stereocenters. The molecule has 15 heavy (non-hydrogen) atoms. The second-order valence-electron chi connectivity index (χ2n) is 4.63. The second kappa shape index (κ2) is 5.10. The molecule has 0 aliphatic carbocycles. The molecule has 2 N–H and O–H groups in total. The Labute approximate surface area is 96.1 Å². The average Bonchev–Trinajstić information content (AvgIpc) is 2.73. The van der Waals surface area contributed by atoms with Crippen LogP contribution in [0.2, 0.25) is 0 Å². The largest absolute Gasteiger partial charge is 0.330 e. The van der Waals surface area contributed by atoms with Crippen LogP contribution in [-0.2, 0) is 6.54 Å². The number of nitrogens with two attached hydrogens (primary N) is 1. The summed E-state index contributed by atoms with van der Waals surface area (Å²) in [6, 6.07) is 2.22. The molecule has 0 bridgehead atoms. The molecule has 1 fully saturated rings. The smallest absolute Gasteiger partial charge is 0.0242 e. The maximum atomic E-state index is 5.80. The van der Waals surface area contributed by atoms with Crippen molar-refractivity contribution in [3.05, 3.63) is 22.4 Å². The standard InChI is InChI=1S/C12H20N2S/c1-10-2-4-14(8-12(10)6-13)7-11-3-5-15-9-11/h3,5,9-10,12H,2,4,6-8,13H2,1H3. The van der Waals surface area contributed by atoms with Crippen molar-refractivity contribution in [3.63, 3.8) is 0 Å². The van der Waals surface area contributed by atoms with Crippen molar-refractivity contribution < 1.29 is 0 Å². The van der Waals surface area contributed by atoms with E-state index in [1.165, 1.54) is 25.1 Å². The molecule has 1 aromatic heterocycles. The van der Waals surface area contributed by atoms with Gasteiger partial charge in [0, 0.05) is 13.1 Å². The maximum Gasteiger partial charge on any atom is 0.0242 e. The summed E-state index contributed by atoms with van der Waals surface area (Å²) in [5, 5.41) is 4.40. The Hall–Kier alpha value is -0.380. The van der Waals surface area contributed by atoms with Gasteiger partial charge in [0.1, 0.15) is 0 Å². The Kier molecular flexibility index (Phi) is 3.78. The van der Waals surface area contributed by atoms with Crippen molar-refractivity contribution in [1.82, 2.24) is 4.90 Å². The zero-order chi connectivity index (χ0) is 10.7. The summed E-state index contributed by atoms with van der Waals surface area (Å²) < 4.78 is 0. The lowest BCUT2D eigenvalue weighted by atomic mass is 9.87.